The lowest BCUT2D eigenvalue weighted by Crippen LogP contribution is -2.62. The molecular weight excluding hydrogens is 402 g/mol. The van der Waals surface area contributed by atoms with E-state index in [1.54, 1.807) is 53.4 Å². The van der Waals surface area contributed by atoms with Crippen molar-refractivity contribution >= 4 is 24.1 Å². The van der Waals surface area contributed by atoms with Gasteiger partial charge in [-0.15, -0.1) is 11.6 Å². The Morgan fingerprint density at radius 3 is 2.19 bits per heavy atom. The van der Waals surface area contributed by atoms with Gasteiger partial charge in [-0.3, -0.25) is 5.32 Å². The molecule has 9 heteroatoms. The molecule has 2 atom stereocenters. The lowest BCUT2D eigenvalue weighted by atomic mass is 9.97. The molecule has 176 valence electrons. The van der Waals surface area contributed by atoms with E-state index in [1.165, 1.54) is 0 Å². The molecule has 1 aliphatic rings. The summed E-state index contributed by atoms with van der Waals surface area (Å²) in [6.45, 7) is 20.0. The molecule has 0 unspecified atom stereocenters. The maximum atomic E-state index is 12.6. The summed E-state index contributed by atoms with van der Waals surface area (Å²) in [4.78, 5) is 43.3. The van der Waals surface area contributed by atoms with Gasteiger partial charge in [0.1, 0.15) is 23.9 Å². The van der Waals surface area contributed by atoms with Crippen molar-refractivity contribution in [2.24, 2.45) is 10.9 Å². The third-order valence-corrected chi connectivity index (χ3v) is 4.12. The normalized spacial score (nSPS) is 20.3. The van der Waals surface area contributed by atoms with Gasteiger partial charge in [-0.1, -0.05) is 19.4 Å². The highest BCUT2D eigenvalue weighted by Crippen LogP contribution is 2.25. The van der Waals surface area contributed by atoms with Crippen molar-refractivity contribution in [3.05, 3.63) is 12.2 Å². The molecule has 9 nitrogen and oxygen atoms in total. The number of guanidine groups is 1. The number of nitrogens with one attached hydrogen (secondary N) is 1. The molecule has 0 saturated carbocycles. The summed E-state index contributed by atoms with van der Waals surface area (Å²) >= 11 is 0. The van der Waals surface area contributed by atoms with Gasteiger partial charge in [0, 0.05) is 0 Å². The summed E-state index contributed by atoms with van der Waals surface area (Å²) in [7, 11) is 0. The van der Waals surface area contributed by atoms with E-state index in [1.807, 2.05) is 13.8 Å². The van der Waals surface area contributed by atoms with Gasteiger partial charge < -0.3 is 19.1 Å². The highest BCUT2D eigenvalue weighted by atomic mass is 16.6. The Bertz CT molecular complexity index is 731. The molecule has 1 rings (SSSR count). The molecule has 2 amide bonds. The molecule has 1 saturated heterocycles. The Balaban J connectivity index is 3.46. The Kier molecular flexibility index (Phi) is 8.66. The maximum Gasteiger partial charge on any atom is 0.437 e. The van der Waals surface area contributed by atoms with Crippen molar-refractivity contribution in [1.29, 1.82) is 0 Å². The number of nitrogens with zero attached hydrogens (tertiary/aromatic N) is 2. The highest BCUT2D eigenvalue weighted by Gasteiger charge is 2.42. The van der Waals surface area contributed by atoms with E-state index in [-0.39, 0.29) is 30.9 Å². The smallest absolute Gasteiger partial charge is 0.437 e. The number of cyclic esters (lactones) is 1. The second-order valence-electron chi connectivity index (χ2n) is 10.1. The number of amides is 2. The molecule has 1 fully saturated rings. The van der Waals surface area contributed by atoms with Gasteiger partial charge in [-0.25, -0.2) is 14.4 Å². The fraction of sp³-hybridized carbons (Fsp3) is 0.727. The molecule has 0 bridgehead atoms. The van der Waals surface area contributed by atoms with E-state index >= 15 is 0 Å². The van der Waals surface area contributed by atoms with Gasteiger partial charge in [0.15, 0.2) is 0 Å². The van der Waals surface area contributed by atoms with Crippen LogP contribution < -0.4 is 5.32 Å². The second-order valence-corrected chi connectivity index (χ2v) is 10.1. The van der Waals surface area contributed by atoms with Crippen molar-refractivity contribution in [2.75, 3.05) is 6.61 Å². The first-order valence-electron chi connectivity index (χ1n) is 10.4. The number of ether oxygens (including phenoxy) is 3. The largest absolute Gasteiger partial charge is 0.462 e. The van der Waals surface area contributed by atoms with Crippen LogP contribution in [0.1, 0.15) is 68.7 Å². The lowest BCUT2D eigenvalue weighted by molar-refractivity contribution is -0.159. The second kappa shape index (κ2) is 10.2. The summed E-state index contributed by atoms with van der Waals surface area (Å²) < 4.78 is 16.0. The predicted octanol–water partition coefficient (Wildman–Crippen LogP) is 4.02. The molecule has 1 N–H and O–H groups in total. The number of morpholine rings is 1. The van der Waals surface area contributed by atoms with Gasteiger partial charge in [0.25, 0.3) is 0 Å². The SMILES string of the molecule is C=C(C)C[C@H]1C(=O)OC[C@H](C(C)C)N1/C(=N/C(=O)OC(C)(C)C)NC(=O)OC(C)(C)C. The summed E-state index contributed by atoms with van der Waals surface area (Å²) in [5, 5.41) is 2.55. The van der Waals surface area contributed by atoms with Crippen LogP contribution in [0.4, 0.5) is 9.59 Å². The fourth-order valence-corrected chi connectivity index (χ4v) is 2.94. The first kappa shape index (κ1) is 26.5. The van der Waals surface area contributed by atoms with E-state index in [2.05, 4.69) is 16.9 Å². The molecule has 0 aromatic carbocycles. The Morgan fingerprint density at radius 2 is 1.74 bits per heavy atom. The van der Waals surface area contributed by atoms with Crippen LogP contribution in [0.5, 0.6) is 0 Å². The Morgan fingerprint density at radius 1 is 1.19 bits per heavy atom. The van der Waals surface area contributed by atoms with E-state index < -0.39 is 35.4 Å². The summed E-state index contributed by atoms with van der Waals surface area (Å²) in [6, 6.07) is -1.15. The van der Waals surface area contributed by atoms with Crippen LogP contribution in [-0.2, 0) is 19.0 Å². The van der Waals surface area contributed by atoms with Gasteiger partial charge >= 0.3 is 18.2 Å². The van der Waals surface area contributed by atoms with Crippen LogP contribution in [0.3, 0.4) is 0 Å². The fourth-order valence-electron chi connectivity index (χ4n) is 2.94. The van der Waals surface area contributed by atoms with E-state index in [4.69, 9.17) is 14.2 Å². The molecule has 1 heterocycles. The van der Waals surface area contributed by atoms with E-state index in [9.17, 15) is 14.4 Å². The molecule has 0 aromatic heterocycles. The van der Waals surface area contributed by atoms with Crippen molar-refractivity contribution in [3.8, 4) is 0 Å². The minimum Gasteiger partial charge on any atom is -0.462 e. The van der Waals surface area contributed by atoms with Crippen molar-refractivity contribution in [3.63, 3.8) is 0 Å². The van der Waals surface area contributed by atoms with Crippen LogP contribution in [-0.4, -0.2) is 58.9 Å². The molecule has 0 spiro atoms. The van der Waals surface area contributed by atoms with E-state index in [0.717, 1.165) is 5.57 Å². The lowest BCUT2D eigenvalue weighted by Gasteiger charge is -2.44. The highest BCUT2D eigenvalue weighted by molar-refractivity contribution is 6.01. The molecule has 0 aromatic rings. The average Bonchev–Trinajstić information content (AvgIpc) is 2.51. The number of aliphatic imine (C=N–C) groups is 1. The Hall–Kier alpha value is -2.58. The van der Waals surface area contributed by atoms with Crippen LogP contribution in [0, 0.1) is 5.92 Å². The maximum absolute atomic E-state index is 12.6. The van der Waals surface area contributed by atoms with Gasteiger partial charge in [0.2, 0.25) is 5.96 Å². The number of carbonyl (C=O) groups excluding carboxylic acids is 3. The first-order chi connectivity index (χ1) is 14.0. The molecular formula is C22H37N3O6. The van der Waals surface area contributed by atoms with Crippen LogP contribution in [0.15, 0.2) is 17.1 Å². The topological polar surface area (TPSA) is 107 Å². The van der Waals surface area contributed by atoms with E-state index in [0.29, 0.717) is 0 Å². The monoisotopic (exact) mass is 439 g/mol. The molecule has 1 aliphatic heterocycles. The summed E-state index contributed by atoms with van der Waals surface area (Å²) in [5.41, 5.74) is -0.811. The number of hydrogen-bond donors (Lipinski definition) is 1. The van der Waals surface area contributed by atoms with Crippen LogP contribution in [0.25, 0.3) is 0 Å². The van der Waals surface area contributed by atoms with Crippen molar-refractivity contribution < 1.29 is 28.6 Å². The van der Waals surface area contributed by atoms with Crippen LogP contribution >= 0.6 is 0 Å². The van der Waals surface area contributed by atoms with Crippen molar-refractivity contribution in [1.82, 2.24) is 10.2 Å². The third-order valence-electron chi connectivity index (χ3n) is 4.12. The minimum absolute atomic E-state index is 0.0185. The Labute approximate surface area is 185 Å². The average molecular weight is 440 g/mol. The number of alkyl carbamates (subject to hydrolysis) is 1. The summed E-state index contributed by atoms with van der Waals surface area (Å²) in [5.74, 6) is -0.585. The summed E-state index contributed by atoms with van der Waals surface area (Å²) in [6.07, 6.45) is -1.43. The molecule has 0 radical (unpaired) electrons. The van der Waals surface area contributed by atoms with Gasteiger partial charge in [0.05, 0.1) is 6.04 Å². The zero-order valence-corrected chi connectivity index (χ0v) is 20.2. The zero-order chi connectivity index (χ0) is 24.1. The minimum atomic E-state index is -0.894. The standard InChI is InChI=1S/C22H37N3O6/c1-13(2)11-15-17(26)29-12-16(14(3)4)25(15)18(23-19(27)30-21(5,6)7)24-20(28)31-22(8,9)10/h14-16H,1,11-12H2,2-10H3,(H,23,24,27,28)/t15-,16+/m0/s1. The van der Waals surface area contributed by atoms with Crippen molar-refractivity contribution in [2.45, 2.75) is 92.0 Å². The molecule has 0 aliphatic carbocycles. The number of hydrogen-bond acceptors (Lipinski definition) is 6. The first-order valence-corrected chi connectivity index (χ1v) is 10.4. The number of carbonyl (C=O) groups is 3. The predicted molar refractivity (Wildman–Crippen MR) is 118 cm³/mol. The number of esters is 1. The van der Waals surface area contributed by atoms with Crippen LogP contribution in [0.2, 0.25) is 0 Å². The van der Waals surface area contributed by atoms with Gasteiger partial charge in [-0.2, -0.15) is 0 Å². The third kappa shape index (κ3) is 8.98. The van der Waals surface area contributed by atoms with Gasteiger partial charge in [-0.05, 0) is 60.8 Å². The molecule has 31 heavy (non-hydrogen) atoms. The zero-order valence-electron chi connectivity index (χ0n) is 20.2. The number of rotatable bonds is 3. The quantitative estimate of drug-likeness (QED) is 0.233.